The highest BCUT2D eigenvalue weighted by Gasteiger charge is 2.10. The number of carbonyl (C=O) groups is 1. The summed E-state index contributed by atoms with van der Waals surface area (Å²) in [4.78, 5) is 21.9. The third-order valence-corrected chi connectivity index (χ3v) is 5.76. The van der Waals surface area contributed by atoms with Crippen LogP contribution in [0.3, 0.4) is 0 Å². The van der Waals surface area contributed by atoms with Gasteiger partial charge in [0.1, 0.15) is 23.0 Å². The molecule has 0 saturated carbocycles. The zero-order chi connectivity index (χ0) is 30.1. The Labute approximate surface area is 247 Å². The van der Waals surface area contributed by atoms with Gasteiger partial charge in [0.25, 0.3) is 0 Å². The van der Waals surface area contributed by atoms with Crippen molar-refractivity contribution in [2.75, 3.05) is 0 Å². The van der Waals surface area contributed by atoms with E-state index in [1.54, 1.807) is 48.5 Å². The molecule has 7 heteroatoms. The fourth-order valence-electron chi connectivity index (χ4n) is 4.06. The maximum absolute atomic E-state index is 13.0. The van der Waals surface area contributed by atoms with Crippen LogP contribution in [0.2, 0.25) is 0 Å². The minimum Gasteiger partial charge on any atom is -0.478 e. The largest absolute Gasteiger partial charge is 0.478 e. The van der Waals surface area contributed by atoms with Crippen molar-refractivity contribution in [2.24, 2.45) is 9.98 Å². The summed E-state index contributed by atoms with van der Waals surface area (Å²) in [5.41, 5.74) is 2.69. The summed E-state index contributed by atoms with van der Waals surface area (Å²) in [5, 5.41) is 0. The standard InChI is InChI=1S/C35H36N2O5/c1-23(2)39-25(5)36-29-11-19-33(20-12-29)41-31-15-7-27(8-16-31)35(38)28-9-17-32(18-10-28)42-34-21-13-30(14-22-34)37-26(6)40-24(3)4/h7-24H,1-6H3. The smallest absolute Gasteiger partial charge is 0.193 e. The van der Waals surface area contributed by atoms with Crippen molar-refractivity contribution < 1.29 is 23.7 Å². The number of carbonyl (C=O) groups excluding carboxylic acids is 1. The van der Waals surface area contributed by atoms with Crippen LogP contribution < -0.4 is 9.47 Å². The number of nitrogens with zero attached hydrogens (tertiary/aromatic N) is 2. The molecule has 0 amide bonds. The van der Waals surface area contributed by atoms with E-state index in [1.807, 2.05) is 90.1 Å². The molecule has 0 spiro atoms. The molecule has 216 valence electrons. The first-order valence-corrected chi connectivity index (χ1v) is 13.9. The Bertz CT molecular complexity index is 1400. The predicted molar refractivity (Wildman–Crippen MR) is 167 cm³/mol. The van der Waals surface area contributed by atoms with Crippen molar-refractivity contribution in [3.8, 4) is 23.0 Å². The van der Waals surface area contributed by atoms with Crippen molar-refractivity contribution in [3.63, 3.8) is 0 Å². The molecule has 0 aliphatic rings. The minimum atomic E-state index is -0.0875. The lowest BCUT2D eigenvalue weighted by Gasteiger charge is -2.10. The van der Waals surface area contributed by atoms with E-state index in [2.05, 4.69) is 9.98 Å². The number of ether oxygens (including phenoxy) is 4. The molecule has 0 fully saturated rings. The molecule has 7 nitrogen and oxygen atoms in total. The van der Waals surface area contributed by atoms with Crippen LogP contribution >= 0.6 is 0 Å². The summed E-state index contributed by atoms with van der Waals surface area (Å²) >= 11 is 0. The fourth-order valence-corrected chi connectivity index (χ4v) is 4.06. The third kappa shape index (κ3) is 9.06. The molecule has 4 aromatic carbocycles. The van der Waals surface area contributed by atoms with E-state index in [0.717, 1.165) is 11.4 Å². The molecule has 0 bridgehead atoms. The summed E-state index contributed by atoms with van der Waals surface area (Å²) in [6.45, 7) is 11.5. The van der Waals surface area contributed by atoms with Crippen molar-refractivity contribution in [1.82, 2.24) is 0 Å². The normalized spacial score (nSPS) is 11.9. The summed E-state index contributed by atoms with van der Waals surface area (Å²) in [5.74, 6) is 3.74. The zero-order valence-electron chi connectivity index (χ0n) is 24.8. The maximum atomic E-state index is 13.0. The molecule has 0 atom stereocenters. The van der Waals surface area contributed by atoms with E-state index in [-0.39, 0.29) is 18.0 Å². The van der Waals surface area contributed by atoms with Gasteiger partial charge in [-0.05, 0) is 125 Å². The van der Waals surface area contributed by atoms with E-state index >= 15 is 0 Å². The van der Waals surface area contributed by atoms with Crippen LogP contribution in [0.5, 0.6) is 23.0 Å². The highest BCUT2D eigenvalue weighted by molar-refractivity contribution is 6.09. The number of hydrogen-bond acceptors (Lipinski definition) is 7. The average Bonchev–Trinajstić information content (AvgIpc) is 2.95. The van der Waals surface area contributed by atoms with Gasteiger partial charge in [-0.15, -0.1) is 0 Å². The molecule has 0 radical (unpaired) electrons. The van der Waals surface area contributed by atoms with E-state index in [0.29, 0.717) is 45.9 Å². The number of aliphatic imine (C=N–C) groups is 2. The number of ketones is 1. The fraction of sp³-hybridized carbons (Fsp3) is 0.229. The number of rotatable bonds is 10. The van der Waals surface area contributed by atoms with Gasteiger partial charge in [0.05, 0.1) is 23.6 Å². The van der Waals surface area contributed by atoms with Crippen molar-refractivity contribution >= 4 is 29.0 Å². The van der Waals surface area contributed by atoms with E-state index < -0.39 is 0 Å². The number of hydrogen-bond donors (Lipinski definition) is 0. The molecular weight excluding hydrogens is 528 g/mol. The molecular formula is C35H36N2O5. The van der Waals surface area contributed by atoms with Crippen molar-refractivity contribution in [1.29, 1.82) is 0 Å². The Morgan fingerprint density at radius 1 is 0.500 bits per heavy atom. The van der Waals surface area contributed by atoms with Crippen LogP contribution in [0, 0.1) is 0 Å². The van der Waals surface area contributed by atoms with Crippen LogP contribution in [0.4, 0.5) is 11.4 Å². The second kappa shape index (κ2) is 14.1. The summed E-state index contributed by atoms with van der Waals surface area (Å²) in [6.07, 6.45) is 0.157. The van der Waals surface area contributed by atoms with Crippen LogP contribution in [0.15, 0.2) is 107 Å². The second-order valence-electron chi connectivity index (χ2n) is 10.2. The van der Waals surface area contributed by atoms with Gasteiger partial charge in [-0.2, -0.15) is 0 Å². The van der Waals surface area contributed by atoms with E-state index in [9.17, 15) is 4.79 Å². The SMILES string of the molecule is CC(=Nc1ccc(Oc2ccc(C(=O)c3ccc(Oc4ccc(N=C(C)OC(C)C)cc4)cc3)cc2)cc1)OC(C)C. The Hall–Kier alpha value is -4.91. The highest BCUT2D eigenvalue weighted by atomic mass is 16.5. The average molecular weight is 565 g/mol. The van der Waals surface area contributed by atoms with Gasteiger partial charge in [-0.1, -0.05) is 0 Å². The topological polar surface area (TPSA) is 78.7 Å². The van der Waals surface area contributed by atoms with Gasteiger partial charge in [-0.3, -0.25) is 4.79 Å². The third-order valence-electron chi connectivity index (χ3n) is 5.76. The first kappa shape index (κ1) is 30.1. The molecule has 42 heavy (non-hydrogen) atoms. The van der Waals surface area contributed by atoms with Crippen LogP contribution in [-0.4, -0.2) is 29.8 Å². The molecule has 0 aliphatic heterocycles. The lowest BCUT2D eigenvalue weighted by Crippen LogP contribution is -2.07. The number of benzene rings is 4. The molecule has 0 saturated heterocycles. The molecule has 0 aromatic heterocycles. The first-order valence-electron chi connectivity index (χ1n) is 13.9. The van der Waals surface area contributed by atoms with Crippen LogP contribution in [-0.2, 0) is 9.47 Å². The second-order valence-corrected chi connectivity index (χ2v) is 10.2. The zero-order valence-corrected chi connectivity index (χ0v) is 24.8. The van der Waals surface area contributed by atoms with Crippen molar-refractivity contribution in [2.45, 2.75) is 53.8 Å². The Balaban J connectivity index is 1.33. The Morgan fingerprint density at radius 2 is 0.786 bits per heavy atom. The van der Waals surface area contributed by atoms with Gasteiger partial charge in [0, 0.05) is 25.0 Å². The molecule has 0 unspecified atom stereocenters. The Morgan fingerprint density at radius 3 is 1.07 bits per heavy atom. The van der Waals surface area contributed by atoms with Gasteiger partial charge in [0.15, 0.2) is 17.6 Å². The maximum Gasteiger partial charge on any atom is 0.193 e. The molecule has 0 heterocycles. The van der Waals surface area contributed by atoms with Crippen molar-refractivity contribution in [3.05, 3.63) is 108 Å². The molecule has 4 aromatic rings. The van der Waals surface area contributed by atoms with Gasteiger partial charge in [-0.25, -0.2) is 9.98 Å². The summed E-state index contributed by atoms with van der Waals surface area (Å²) < 4.78 is 23.0. The predicted octanol–water partition coefficient (Wildman–Crippen LogP) is 9.45. The first-order chi connectivity index (χ1) is 20.1. The van der Waals surface area contributed by atoms with E-state index in [4.69, 9.17) is 18.9 Å². The Kier molecular flexibility index (Phi) is 10.1. The quantitative estimate of drug-likeness (QED) is 0.109. The minimum absolute atomic E-state index is 0.0786. The highest BCUT2D eigenvalue weighted by Crippen LogP contribution is 2.27. The lowest BCUT2D eigenvalue weighted by atomic mass is 10.0. The monoisotopic (exact) mass is 564 g/mol. The lowest BCUT2D eigenvalue weighted by molar-refractivity contribution is 0.103. The van der Waals surface area contributed by atoms with E-state index in [1.165, 1.54) is 0 Å². The molecule has 0 N–H and O–H groups in total. The van der Waals surface area contributed by atoms with Crippen LogP contribution in [0.25, 0.3) is 0 Å². The van der Waals surface area contributed by atoms with Gasteiger partial charge in [0.2, 0.25) is 0 Å². The summed E-state index contributed by atoms with van der Waals surface area (Å²) in [7, 11) is 0. The van der Waals surface area contributed by atoms with Gasteiger partial charge < -0.3 is 18.9 Å². The molecule has 4 rings (SSSR count). The summed E-state index contributed by atoms with van der Waals surface area (Å²) in [6, 6.07) is 29.0. The van der Waals surface area contributed by atoms with Gasteiger partial charge >= 0.3 is 0 Å². The molecule has 0 aliphatic carbocycles. The van der Waals surface area contributed by atoms with Crippen LogP contribution in [0.1, 0.15) is 57.5 Å².